The first-order chi connectivity index (χ1) is 9.52. The van der Waals surface area contributed by atoms with Gasteiger partial charge in [-0.05, 0) is 30.5 Å². The number of anilines is 1. The predicted molar refractivity (Wildman–Crippen MR) is 79.0 cm³/mol. The zero-order chi connectivity index (χ0) is 15.0. The van der Waals surface area contributed by atoms with Crippen molar-refractivity contribution in [2.75, 3.05) is 12.3 Å². The molecule has 0 fully saturated rings. The summed E-state index contributed by atoms with van der Waals surface area (Å²) < 4.78 is 0. The summed E-state index contributed by atoms with van der Waals surface area (Å²) >= 11 is 0. The largest absolute Gasteiger partial charge is 0.399 e. The minimum absolute atomic E-state index is 0.207. The Bertz CT molecular complexity index is 445. The van der Waals surface area contributed by atoms with Crippen molar-refractivity contribution in [3.63, 3.8) is 0 Å². The van der Waals surface area contributed by atoms with Crippen molar-refractivity contribution in [2.24, 2.45) is 5.73 Å². The fraction of sp³-hybridized carbons (Fsp3) is 0.429. The number of nitrogens with two attached hydrogens (primary N) is 2. The maximum Gasteiger partial charge on any atom is 0.312 e. The van der Waals surface area contributed by atoms with Crippen molar-refractivity contribution in [1.82, 2.24) is 10.6 Å². The van der Waals surface area contributed by atoms with Crippen LogP contribution in [0.2, 0.25) is 0 Å². The zero-order valence-corrected chi connectivity index (χ0v) is 11.7. The quantitative estimate of drug-likeness (QED) is 0.553. The molecular weight excluding hydrogens is 256 g/mol. The summed E-state index contributed by atoms with van der Waals surface area (Å²) in [5.74, 6) is -0.207. The van der Waals surface area contributed by atoms with E-state index in [0.29, 0.717) is 25.1 Å². The minimum atomic E-state index is -0.683. The molecule has 0 saturated carbocycles. The highest BCUT2D eigenvalue weighted by atomic mass is 16.2. The molecule has 0 unspecified atom stereocenters. The summed E-state index contributed by atoms with van der Waals surface area (Å²) in [6.07, 6.45) is 2.06. The summed E-state index contributed by atoms with van der Waals surface area (Å²) in [7, 11) is 0. The number of rotatable bonds is 7. The Kier molecular flexibility index (Phi) is 6.36. The maximum atomic E-state index is 11.9. The van der Waals surface area contributed by atoms with Crippen molar-refractivity contribution in [3.05, 3.63) is 29.8 Å². The number of amides is 3. The van der Waals surface area contributed by atoms with E-state index in [1.54, 1.807) is 0 Å². The number of nitrogen functional groups attached to an aromatic ring is 1. The number of urea groups is 1. The fourth-order valence-electron chi connectivity index (χ4n) is 1.87. The lowest BCUT2D eigenvalue weighted by molar-refractivity contribution is -0.123. The topological polar surface area (TPSA) is 110 Å². The highest BCUT2D eigenvalue weighted by Gasteiger charge is 2.17. The van der Waals surface area contributed by atoms with E-state index in [1.807, 2.05) is 31.2 Å². The van der Waals surface area contributed by atoms with Crippen molar-refractivity contribution in [2.45, 2.75) is 32.2 Å². The first-order valence-corrected chi connectivity index (χ1v) is 6.71. The molecule has 6 N–H and O–H groups in total. The Morgan fingerprint density at radius 2 is 1.90 bits per heavy atom. The minimum Gasteiger partial charge on any atom is -0.399 e. The van der Waals surface area contributed by atoms with Gasteiger partial charge in [0.2, 0.25) is 5.91 Å². The second kappa shape index (κ2) is 8.04. The van der Waals surface area contributed by atoms with Gasteiger partial charge in [-0.1, -0.05) is 25.5 Å². The lowest BCUT2D eigenvalue weighted by Crippen LogP contribution is -2.48. The van der Waals surface area contributed by atoms with Gasteiger partial charge in [0.25, 0.3) is 0 Å². The van der Waals surface area contributed by atoms with E-state index in [-0.39, 0.29) is 5.91 Å². The van der Waals surface area contributed by atoms with Crippen LogP contribution in [0.3, 0.4) is 0 Å². The monoisotopic (exact) mass is 278 g/mol. The second-order valence-corrected chi connectivity index (χ2v) is 4.63. The lowest BCUT2D eigenvalue weighted by atomic mass is 10.1. The van der Waals surface area contributed by atoms with Gasteiger partial charge in [-0.2, -0.15) is 0 Å². The van der Waals surface area contributed by atoms with Gasteiger partial charge in [0, 0.05) is 12.2 Å². The molecule has 3 amide bonds. The van der Waals surface area contributed by atoms with Crippen molar-refractivity contribution in [3.8, 4) is 0 Å². The molecule has 1 aromatic carbocycles. The normalized spacial score (nSPS) is 11.7. The molecular formula is C14H22N4O2. The third-order valence-corrected chi connectivity index (χ3v) is 2.90. The number of carbonyl (C=O) groups excluding carboxylic acids is 2. The molecule has 0 saturated heterocycles. The van der Waals surface area contributed by atoms with Crippen LogP contribution in [-0.4, -0.2) is 24.5 Å². The van der Waals surface area contributed by atoms with Crippen molar-refractivity contribution >= 4 is 17.6 Å². The SMILES string of the molecule is CCC[C@@H](NC(N)=O)C(=O)NCCc1ccc(N)cc1. The Labute approximate surface area is 118 Å². The van der Waals surface area contributed by atoms with E-state index in [1.165, 1.54) is 0 Å². The Morgan fingerprint density at radius 1 is 1.25 bits per heavy atom. The summed E-state index contributed by atoms with van der Waals surface area (Å²) in [6, 6.07) is 6.25. The Hall–Kier alpha value is -2.24. The molecule has 20 heavy (non-hydrogen) atoms. The zero-order valence-electron chi connectivity index (χ0n) is 11.7. The third-order valence-electron chi connectivity index (χ3n) is 2.90. The Balaban J connectivity index is 2.40. The van der Waals surface area contributed by atoms with Gasteiger partial charge in [-0.3, -0.25) is 4.79 Å². The molecule has 0 aromatic heterocycles. The van der Waals surface area contributed by atoms with Crippen LogP contribution >= 0.6 is 0 Å². The van der Waals surface area contributed by atoms with Crippen LogP contribution in [-0.2, 0) is 11.2 Å². The summed E-state index contributed by atoms with van der Waals surface area (Å²) in [6.45, 7) is 2.45. The molecule has 1 rings (SSSR count). The van der Waals surface area contributed by atoms with Crippen LogP contribution < -0.4 is 22.1 Å². The van der Waals surface area contributed by atoms with Gasteiger partial charge in [0.15, 0.2) is 0 Å². The highest BCUT2D eigenvalue weighted by molar-refractivity contribution is 5.86. The van der Waals surface area contributed by atoms with Crippen LogP contribution in [0.1, 0.15) is 25.3 Å². The van der Waals surface area contributed by atoms with E-state index in [4.69, 9.17) is 11.5 Å². The highest BCUT2D eigenvalue weighted by Crippen LogP contribution is 2.05. The first kappa shape index (κ1) is 15.8. The molecule has 0 aliphatic rings. The molecule has 110 valence electrons. The molecule has 6 heteroatoms. The molecule has 1 atom stereocenters. The molecule has 6 nitrogen and oxygen atoms in total. The smallest absolute Gasteiger partial charge is 0.312 e. The van der Waals surface area contributed by atoms with Gasteiger partial charge >= 0.3 is 6.03 Å². The molecule has 0 aliphatic carbocycles. The molecule has 0 radical (unpaired) electrons. The number of carbonyl (C=O) groups is 2. The third kappa shape index (κ3) is 5.60. The summed E-state index contributed by atoms with van der Waals surface area (Å²) in [5, 5.41) is 5.24. The Morgan fingerprint density at radius 3 is 2.45 bits per heavy atom. The number of hydrogen-bond acceptors (Lipinski definition) is 3. The average molecular weight is 278 g/mol. The van der Waals surface area contributed by atoms with Gasteiger partial charge < -0.3 is 22.1 Å². The van der Waals surface area contributed by atoms with E-state index in [2.05, 4.69) is 10.6 Å². The number of hydrogen-bond donors (Lipinski definition) is 4. The predicted octanol–water partition coefficient (Wildman–Crippen LogP) is 0.765. The fourth-order valence-corrected chi connectivity index (χ4v) is 1.87. The van der Waals surface area contributed by atoms with Crippen LogP contribution in [0.5, 0.6) is 0 Å². The van der Waals surface area contributed by atoms with Gasteiger partial charge in [-0.15, -0.1) is 0 Å². The molecule has 0 bridgehead atoms. The number of nitrogens with one attached hydrogen (secondary N) is 2. The van der Waals surface area contributed by atoms with E-state index in [0.717, 1.165) is 12.0 Å². The van der Waals surface area contributed by atoms with Gasteiger partial charge in [0.05, 0.1) is 0 Å². The summed E-state index contributed by atoms with van der Waals surface area (Å²) in [4.78, 5) is 22.7. The summed E-state index contributed by atoms with van der Waals surface area (Å²) in [5.41, 5.74) is 12.5. The first-order valence-electron chi connectivity index (χ1n) is 6.71. The van der Waals surface area contributed by atoms with E-state index >= 15 is 0 Å². The van der Waals surface area contributed by atoms with Crippen LogP contribution in [0.15, 0.2) is 24.3 Å². The van der Waals surface area contributed by atoms with Gasteiger partial charge in [-0.25, -0.2) is 4.79 Å². The van der Waals surface area contributed by atoms with E-state index in [9.17, 15) is 9.59 Å². The van der Waals surface area contributed by atoms with Crippen LogP contribution in [0, 0.1) is 0 Å². The van der Waals surface area contributed by atoms with Crippen molar-refractivity contribution < 1.29 is 9.59 Å². The molecule has 0 aliphatic heterocycles. The van der Waals surface area contributed by atoms with Crippen molar-refractivity contribution in [1.29, 1.82) is 0 Å². The molecule has 1 aromatic rings. The standard InChI is InChI=1S/C14H22N4O2/c1-2-3-12(18-14(16)20)13(19)17-9-8-10-4-6-11(15)7-5-10/h4-7,12H,2-3,8-9,15H2,1H3,(H,17,19)(H3,16,18,20)/t12-/m1/s1. The van der Waals surface area contributed by atoms with Crippen LogP contribution in [0.4, 0.5) is 10.5 Å². The van der Waals surface area contributed by atoms with Crippen LogP contribution in [0.25, 0.3) is 0 Å². The molecule has 0 spiro atoms. The molecule has 0 heterocycles. The van der Waals surface area contributed by atoms with Gasteiger partial charge in [0.1, 0.15) is 6.04 Å². The van der Waals surface area contributed by atoms with E-state index < -0.39 is 12.1 Å². The number of benzene rings is 1. The second-order valence-electron chi connectivity index (χ2n) is 4.63. The number of primary amides is 1. The lowest BCUT2D eigenvalue weighted by Gasteiger charge is -2.16. The average Bonchev–Trinajstić information content (AvgIpc) is 2.40. The maximum absolute atomic E-state index is 11.9.